The second-order valence-electron chi connectivity index (χ2n) is 4.89. The van der Waals surface area contributed by atoms with Crippen LogP contribution < -0.4 is 4.90 Å². The Morgan fingerprint density at radius 1 is 1.27 bits per heavy atom. The fourth-order valence-electron chi connectivity index (χ4n) is 2.43. The van der Waals surface area contributed by atoms with E-state index in [2.05, 4.69) is 32.4 Å². The second kappa shape index (κ2) is 6.83. The number of aromatic nitrogens is 3. The predicted molar refractivity (Wildman–Crippen MR) is 87.3 cm³/mol. The van der Waals surface area contributed by atoms with Crippen LogP contribution in [0.15, 0.2) is 24.3 Å². The minimum atomic E-state index is -0.455. The maximum atomic E-state index is 11.9. The summed E-state index contributed by atoms with van der Waals surface area (Å²) in [6, 6.07) is 8.07. The van der Waals surface area contributed by atoms with E-state index in [0.29, 0.717) is 12.3 Å². The highest BCUT2D eigenvalue weighted by Crippen LogP contribution is 2.25. The van der Waals surface area contributed by atoms with Gasteiger partial charge in [-0.05, 0) is 19.1 Å². The molecule has 6 nitrogen and oxygen atoms in total. The van der Waals surface area contributed by atoms with Crippen LogP contribution in [0.3, 0.4) is 0 Å². The van der Waals surface area contributed by atoms with Gasteiger partial charge in [0.1, 0.15) is 5.69 Å². The van der Waals surface area contributed by atoms with Crippen molar-refractivity contribution in [3.8, 4) is 11.3 Å². The summed E-state index contributed by atoms with van der Waals surface area (Å²) in [5.41, 5.74) is 2.81. The number of nitrogens with zero attached hydrogens (tertiary/aromatic N) is 3. The first-order chi connectivity index (χ1) is 10.8. The molecule has 0 atom stereocenters. The Hall–Kier alpha value is -2.02. The molecule has 0 aliphatic carbocycles. The zero-order valence-electron chi connectivity index (χ0n) is 12.4. The molecule has 0 spiro atoms. The van der Waals surface area contributed by atoms with Gasteiger partial charge in [-0.3, -0.25) is 0 Å². The molecule has 2 aromatic rings. The molecule has 7 heteroatoms. The third kappa shape index (κ3) is 3.09. The van der Waals surface area contributed by atoms with Crippen molar-refractivity contribution in [1.29, 1.82) is 0 Å². The van der Waals surface area contributed by atoms with E-state index in [1.54, 1.807) is 6.92 Å². The van der Waals surface area contributed by atoms with Crippen molar-refractivity contribution in [2.45, 2.75) is 6.92 Å². The van der Waals surface area contributed by atoms with Gasteiger partial charge >= 0.3 is 5.97 Å². The number of rotatable bonds is 4. The smallest absolute Gasteiger partial charge is 0.361 e. The van der Waals surface area contributed by atoms with Crippen LogP contribution in [0, 0.1) is 0 Å². The van der Waals surface area contributed by atoms with E-state index in [9.17, 15) is 4.79 Å². The summed E-state index contributed by atoms with van der Waals surface area (Å²) in [5, 5.41) is 10.5. The van der Waals surface area contributed by atoms with Crippen molar-refractivity contribution in [2.75, 3.05) is 36.1 Å². The normalized spacial score (nSPS) is 14.9. The van der Waals surface area contributed by atoms with E-state index in [1.165, 1.54) is 5.69 Å². The number of aromatic amines is 1. The maximum absolute atomic E-state index is 11.9. The number of carbonyl (C=O) groups excluding carboxylic acids is 1. The van der Waals surface area contributed by atoms with Crippen LogP contribution in [-0.4, -0.2) is 52.6 Å². The highest BCUT2D eigenvalue weighted by atomic mass is 32.2. The fourth-order valence-corrected chi connectivity index (χ4v) is 3.33. The van der Waals surface area contributed by atoms with Crippen LogP contribution in [0.25, 0.3) is 11.3 Å². The van der Waals surface area contributed by atoms with Crippen molar-refractivity contribution in [1.82, 2.24) is 15.4 Å². The molecule has 0 saturated carbocycles. The predicted octanol–water partition coefficient (Wildman–Crippen LogP) is 2.20. The second-order valence-corrected chi connectivity index (χ2v) is 6.11. The third-order valence-corrected chi connectivity index (χ3v) is 4.48. The molecule has 1 aliphatic rings. The lowest BCUT2D eigenvalue weighted by atomic mass is 10.1. The number of thioether (sulfide) groups is 1. The van der Waals surface area contributed by atoms with Gasteiger partial charge in [-0.15, -0.1) is 5.10 Å². The van der Waals surface area contributed by atoms with E-state index in [0.717, 1.165) is 30.2 Å². The van der Waals surface area contributed by atoms with Crippen molar-refractivity contribution < 1.29 is 9.53 Å². The van der Waals surface area contributed by atoms with E-state index >= 15 is 0 Å². The Morgan fingerprint density at radius 3 is 2.68 bits per heavy atom. The molecule has 116 valence electrons. The van der Waals surface area contributed by atoms with E-state index in [-0.39, 0.29) is 5.69 Å². The Labute approximate surface area is 133 Å². The van der Waals surface area contributed by atoms with E-state index in [1.807, 2.05) is 23.9 Å². The monoisotopic (exact) mass is 318 g/mol. The summed E-state index contributed by atoms with van der Waals surface area (Å²) in [7, 11) is 0. The average Bonchev–Trinajstić information content (AvgIpc) is 3.06. The van der Waals surface area contributed by atoms with Gasteiger partial charge in [0.05, 0.1) is 6.61 Å². The molecule has 22 heavy (non-hydrogen) atoms. The zero-order valence-corrected chi connectivity index (χ0v) is 13.2. The van der Waals surface area contributed by atoms with E-state index in [4.69, 9.17) is 4.74 Å². The summed E-state index contributed by atoms with van der Waals surface area (Å²) < 4.78 is 5.00. The lowest BCUT2D eigenvalue weighted by molar-refractivity contribution is 0.0520. The van der Waals surface area contributed by atoms with Gasteiger partial charge in [0.2, 0.25) is 0 Å². The van der Waals surface area contributed by atoms with Crippen molar-refractivity contribution in [3.63, 3.8) is 0 Å². The molecular formula is C15H18N4O2S. The summed E-state index contributed by atoms with van der Waals surface area (Å²) in [6.07, 6.45) is 0. The summed E-state index contributed by atoms with van der Waals surface area (Å²) in [4.78, 5) is 14.2. The Bertz CT molecular complexity index is 635. The number of hydrogen-bond donors (Lipinski definition) is 1. The first-order valence-corrected chi connectivity index (χ1v) is 8.46. The van der Waals surface area contributed by atoms with Gasteiger partial charge in [-0.25, -0.2) is 4.79 Å². The number of ether oxygens (including phenoxy) is 1. The minimum Gasteiger partial charge on any atom is -0.461 e. The Kier molecular flexibility index (Phi) is 4.62. The lowest BCUT2D eigenvalue weighted by Gasteiger charge is -2.28. The summed E-state index contributed by atoms with van der Waals surface area (Å²) in [6.45, 7) is 4.23. The molecule has 1 saturated heterocycles. The van der Waals surface area contributed by atoms with Gasteiger partial charge in [0.25, 0.3) is 0 Å². The van der Waals surface area contributed by atoms with Crippen LogP contribution in [0.5, 0.6) is 0 Å². The molecule has 0 radical (unpaired) electrons. The number of H-pyrrole nitrogens is 1. The van der Waals surface area contributed by atoms with Gasteiger partial charge < -0.3 is 9.64 Å². The highest BCUT2D eigenvalue weighted by Gasteiger charge is 2.19. The number of hydrogen-bond acceptors (Lipinski definition) is 6. The fraction of sp³-hybridized carbons (Fsp3) is 0.400. The summed E-state index contributed by atoms with van der Waals surface area (Å²) in [5.74, 6) is 1.87. The zero-order chi connectivity index (χ0) is 15.4. The SMILES string of the molecule is CCOC(=O)c1n[nH]nc1-c1ccc(N2CCSCC2)cc1. The molecule has 1 aromatic carbocycles. The Balaban J connectivity index is 1.81. The molecule has 0 bridgehead atoms. The average molecular weight is 318 g/mol. The van der Waals surface area contributed by atoms with Crippen LogP contribution in [0.4, 0.5) is 5.69 Å². The van der Waals surface area contributed by atoms with Gasteiger partial charge in [0.15, 0.2) is 5.69 Å². The molecular weight excluding hydrogens is 300 g/mol. The highest BCUT2D eigenvalue weighted by molar-refractivity contribution is 7.99. The first-order valence-electron chi connectivity index (χ1n) is 7.30. The number of carbonyl (C=O) groups is 1. The van der Waals surface area contributed by atoms with Crippen LogP contribution in [0.2, 0.25) is 0 Å². The number of benzene rings is 1. The standard InChI is InChI=1S/C15H18N4O2S/c1-2-21-15(20)14-13(16-18-17-14)11-3-5-12(6-4-11)19-7-9-22-10-8-19/h3-6H,2,7-10H2,1H3,(H,16,17,18). The molecule has 0 unspecified atom stereocenters. The quantitative estimate of drug-likeness (QED) is 0.872. The van der Waals surface area contributed by atoms with Crippen LogP contribution >= 0.6 is 11.8 Å². The lowest BCUT2D eigenvalue weighted by Crippen LogP contribution is -2.32. The van der Waals surface area contributed by atoms with Crippen molar-refractivity contribution >= 4 is 23.4 Å². The van der Waals surface area contributed by atoms with Gasteiger partial charge in [0, 0.05) is 35.8 Å². The maximum Gasteiger partial charge on any atom is 0.361 e. The van der Waals surface area contributed by atoms with E-state index < -0.39 is 5.97 Å². The molecule has 1 aliphatic heterocycles. The largest absolute Gasteiger partial charge is 0.461 e. The van der Waals surface area contributed by atoms with Crippen molar-refractivity contribution in [2.24, 2.45) is 0 Å². The van der Waals surface area contributed by atoms with Crippen LogP contribution in [-0.2, 0) is 4.74 Å². The minimum absolute atomic E-state index is 0.226. The van der Waals surface area contributed by atoms with Crippen LogP contribution in [0.1, 0.15) is 17.4 Å². The van der Waals surface area contributed by atoms with Gasteiger partial charge in [-0.1, -0.05) is 12.1 Å². The molecule has 1 N–H and O–H groups in total. The topological polar surface area (TPSA) is 71.1 Å². The Morgan fingerprint density at radius 2 is 2.00 bits per heavy atom. The third-order valence-electron chi connectivity index (χ3n) is 3.53. The molecule has 1 fully saturated rings. The van der Waals surface area contributed by atoms with Gasteiger partial charge in [-0.2, -0.15) is 22.1 Å². The molecule has 2 heterocycles. The molecule has 0 amide bonds. The molecule has 1 aromatic heterocycles. The van der Waals surface area contributed by atoms with Crippen molar-refractivity contribution in [3.05, 3.63) is 30.0 Å². The molecule has 3 rings (SSSR count). The number of anilines is 1. The first kappa shape index (κ1) is 14.9. The number of nitrogens with one attached hydrogen (secondary N) is 1. The number of esters is 1. The summed E-state index contributed by atoms with van der Waals surface area (Å²) >= 11 is 1.99.